The first-order valence-corrected chi connectivity index (χ1v) is 3.72. The summed E-state index contributed by atoms with van der Waals surface area (Å²) in [7, 11) is 0. The quantitative estimate of drug-likeness (QED) is 0.444. The lowest BCUT2D eigenvalue weighted by Gasteiger charge is -2.05. The molecule has 0 N–H and O–H groups in total. The Morgan fingerprint density at radius 1 is 1.75 bits per heavy atom. The molecule has 1 saturated carbocycles. The van der Waals surface area contributed by atoms with E-state index >= 15 is 0 Å². The second kappa shape index (κ2) is 3.30. The maximum atomic E-state index is 11.0. The second-order valence-electron chi connectivity index (χ2n) is 2.82. The fourth-order valence-corrected chi connectivity index (χ4v) is 1.46. The molecular weight excluding hydrogens is 160 g/mol. The van der Waals surface area contributed by atoms with Crippen molar-refractivity contribution in [2.24, 2.45) is 5.92 Å². The molecule has 1 aliphatic carbocycles. The van der Waals surface area contributed by atoms with Crippen molar-refractivity contribution in [2.45, 2.75) is 25.3 Å². The van der Waals surface area contributed by atoms with E-state index in [1.807, 2.05) is 0 Å². The van der Waals surface area contributed by atoms with Crippen molar-refractivity contribution in [3.63, 3.8) is 0 Å². The molecule has 0 spiro atoms. The van der Waals surface area contributed by atoms with E-state index in [1.165, 1.54) is 0 Å². The molecule has 1 aliphatic rings. The summed E-state index contributed by atoms with van der Waals surface area (Å²) in [5.41, 5.74) is 0. The summed E-state index contributed by atoms with van der Waals surface area (Å²) in [6.45, 7) is 0. The number of rotatable bonds is 2. The van der Waals surface area contributed by atoms with E-state index in [4.69, 9.17) is 5.26 Å². The Bertz CT molecular complexity index is 256. The van der Waals surface area contributed by atoms with Crippen molar-refractivity contribution in [3.05, 3.63) is 10.1 Å². The summed E-state index contributed by atoms with van der Waals surface area (Å²) < 4.78 is 0. The number of nitriles is 1. The SMILES string of the molecule is N#CC(C1CCCC1=O)[N+](=O)[O-]. The zero-order valence-corrected chi connectivity index (χ0v) is 6.40. The van der Waals surface area contributed by atoms with E-state index in [0.717, 1.165) is 0 Å². The number of carbonyl (C=O) groups excluding carboxylic acids is 1. The Kier molecular flexibility index (Phi) is 2.38. The minimum absolute atomic E-state index is 0.141. The van der Waals surface area contributed by atoms with Crippen LogP contribution in [0.25, 0.3) is 0 Å². The molecule has 1 rings (SSSR count). The number of nitrogens with zero attached hydrogens (tertiary/aromatic N) is 2. The third-order valence-electron chi connectivity index (χ3n) is 2.09. The van der Waals surface area contributed by atoms with Gasteiger partial charge in [0.15, 0.2) is 0 Å². The Balaban J connectivity index is 2.73. The first-order chi connectivity index (χ1) is 5.66. The van der Waals surface area contributed by atoms with Crippen LogP contribution < -0.4 is 0 Å². The van der Waals surface area contributed by atoms with Crippen molar-refractivity contribution < 1.29 is 9.72 Å². The van der Waals surface area contributed by atoms with Crippen LogP contribution in [0.4, 0.5) is 0 Å². The molecule has 0 saturated heterocycles. The van der Waals surface area contributed by atoms with Gasteiger partial charge in [0.05, 0.1) is 5.92 Å². The third kappa shape index (κ3) is 1.42. The average molecular weight is 168 g/mol. The molecule has 5 heteroatoms. The highest BCUT2D eigenvalue weighted by molar-refractivity contribution is 5.83. The summed E-state index contributed by atoms with van der Waals surface area (Å²) in [6.07, 6.45) is 1.55. The molecule has 0 aromatic heterocycles. The predicted octanol–water partition coefficient (Wildman–Crippen LogP) is 0.524. The van der Waals surface area contributed by atoms with Crippen LogP contribution in [0.15, 0.2) is 0 Å². The maximum Gasteiger partial charge on any atom is 0.306 e. The van der Waals surface area contributed by atoms with E-state index in [-0.39, 0.29) is 5.78 Å². The van der Waals surface area contributed by atoms with E-state index in [1.54, 1.807) is 6.07 Å². The number of hydrogen-bond donors (Lipinski definition) is 0. The summed E-state index contributed by atoms with van der Waals surface area (Å²) in [5.74, 6) is -0.803. The van der Waals surface area contributed by atoms with Crippen LogP contribution >= 0.6 is 0 Å². The maximum absolute atomic E-state index is 11.0. The van der Waals surface area contributed by atoms with Gasteiger partial charge in [-0.3, -0.25) is 14.9 Å². The molecule has 0 amide bonds. The van der Waals surface area contributed by atoms with E-state index in [2.05, 4.69) is 0 Å². The zero-order valence-electron chi connectivity index (χ0n) is 6.40. The van der Waals surface area contributed by atoms with Gasteiger partial charge < -0.3 is 0 Å². The summed E-state index contributed by atoms with van der Waals surface area (Å²) >= 11 is 0. The lowest BCUT2D eigenvalue weighted by atomic mass is 9.99. The Labute approximate surface area is 69.1 Å². The van der Waals surface area contributed by atoms with Crippen molar-refractivity contribution in [1.82, 2.24) is 0 Å². The molecule has 5 nitrogen and oxygen atoms in total. The first-order valence-electron chi connectivity index (χ1n) is 3.72. The highest BCUT2D eigenvalue weighted by atomic mass is 16.6. The van der Waals surface area contributed by atoms with Gasteiger partial charge in [0, 0.05) is 11.3 Å². The Morgan fingerprint density at radius 3 is 2.75 bits per heavy atom. The topological polar surface area (TPSA) is 84.0 Å². The number of ketones is 1. The molecule has 0 aliphatic heterocycles. The van der Waals surface area contributed by atoms with Crippen molar-refractivity contribution >= 4 is 5.78 Å². The molecular formula is C7H8N2O3. The summed E-state index contributed by atoms with van der Waals surface area (Å²) in [4.78, 5) is 20.6. The van der Waals surface area contributed by atoms with Gasteiger partial charge in [-0.1, -0.05) is 0 Å². The molecule has 0 heterocycles. The third-order valence-corrected chi connectivity index (χ3v) is 2.09. The monoisotopic (exact) mass is 168 g/mol. The van der Waals surface area contributed by atoms with E-state index in [0.29, 0.717) is 19.3 Å². The van der Waals surface area contributed by atoms with Crippen LogP contribution in [-0.4, -0.2) is 16.7 Å². The zero-order chi connectivity index (χ0) is 9.14. The van der Waals surface area contributed by atoms with Crippen LogP contribution in [0.1, 0.15) is 19.3 Å². The number of carbonyl (C=O) groups is 1. The van der Waals surface area contributed by atoms with Crippen molar-refractivity contribution in [3.8, 4) is 6.07 Å². The second-order valence-corrected chi connectivity index (χ2v) is 2.82. The predicted molar refractivity (Wildman–Crippen MR) is 38.7 cm³/mol. The van der Waals surface area contributed by atoms with Gasteiger partial charge >= 0.3 is 6.04 Å². The van der Waals surface area contributed by atoms with E-state index < -0.39 is 16.9 Å². The van der Waals surface area contributed by atoms with Crippen LogP contribution in [0.2, 0.25) is 0 Å². The number of nitro groups is 1. The number of hydrogen-bond acceptors (Lipinski definition) is 4. The highest BCUT2D eigenvalue weighted by Crippen LogP contribution is 2.25. The van der Waals surface area contributed by atoms with Crippen molar-refractivity contribution in [1.29, 1.82) is 5.26 Å². The largest absolute Gasteiger partial charge is 0.306 e. The molecule has 0 radical (unpaired) electrons. The van der Waals surface area contributed by atoms with Gasteiger partial charge in [-0.15, -0.1) is 0 Å². The van der Waals surface area contributed by atoms with Crippen molar-refractivity contribution in [2.75, 3.05) is 0 Å². The minimum atomic E-state index is -1.33. The number of Topliss-reactive ketones (excluding diaryl/α,β-unsaturated/α-hetero) is 1. The summed E-state index contributed by atoms with van der Waals surface area (Å²) in [5, 5.41) is 18.7. The van der Waals surface area contributed by atoms with E-state index in [9.17, 15) is 14.9 Å². The van der Waals surface area contributed by atoms with Gasteiger partial charge in [0.1, 0.15) is 11.9 Å². The Hall–Kier alpha value is -1.44. The summed E-state index contributed by atoms with van der Waals surface area (Å²) in [6, 6.07) is 0.221. The molecule has 64 valence electrons. The van der Waals surface area contributed by atoms with Crippen LogP contribution in [0, 0.1) is 27.4 Å². The van der Waals surface area contributed by atoms with Gasteiger partial charge in [0.25, 0.3) is 0 Å². The fourth-order valence-electron chi connectivity index (χ4n) is 1.46. The standard InChI is InChI=1S/C7H8N2O3/c8-4-6(9(11)12)5-2-1-3-7(5)10/h5-6H,1-3H2. The van der Waals surface area contributed by atoms with Crippen LogP contribution in [0.3, 0.4) is 0 Å². The fraction of sp³-hybridized carbons (Fsp3) is 0.714. The van der Waals surface area contributed by atoms with Gasteiger partial charge in [-0.2, -0.15) is 5.26 Å². The van der Waals surface area contributed by atoms with Gasteiger partial charge in [0.2, 0.25) is 0 Å². The molecule has 0 aromatic rings. The Morgan fingerprint density at radius 2 is 2.42 bits per heavy atom. The lowest BCUT2D eigenvalue weighted by Crippen LogP contribution is -2.30. The molecule has 12 heavy (non-hydrogen) atoms. The molecule has 0 aromatic carbocycles. The molecule has 0 bridgehead atoms. The molecule has 1 fully saturated rings. The highest BCUT2D eigenvalue weighted by Gasteiger charge is 2.39. The molecule has 2 unspecified atom stereocenters. The van der Waals surface area contributed by atoms with Gasteiger partial charge in [-0.05, 0) is 12.8 Å². The minimum Gasteiger partial charge on any atom is -0.299 e. The van der Waals surface area contributed by atoms with Crippen LogP contribution in [-0.2, 0) is 4.79 Å². The molecule has 2 atom stereocenters. The first kappa shape index (κ1) is 8.65. The normalized spacial score (nSPS) is 24.9. The van der Waals surface area contributed by atoms with Gasteiger partial charge in [-0.25, -0.2) is 0 Å². The average Bonchev–Trinajstić information content (AvgIpc) is 2.38. The lowest BCUT2D eigenvalue weighted by molar-refractivity contribution is -0.513. The smallest absolute Gasteiger partial charge is 0.299 e. The van der Waals surface area contributed by atoms with Crippen LogP contribution in [0.5, 0.6) is 0 Å².